The average Bonchev–Trinajstić information content (AvgIpc) is 3.02. The summed E-state index contributed by atoms with van der Waals surface area (Å²) in [7, 11) is 1.82. The maximum absolute atomic E-state index is 13.3. The van der Waals surface area contributed by atoms with Crippen LogP contribution in [-0.4, -0.2) is 29.4 Å². The molecule has 98 valence electrons. The van der Waals surface area contributed by atoms with E-state index in [0.717, 1.165) is 11.0 Å². The molecule has 0 saturated heterocycles. The molecular weight excluding hydrogens is 259 g/mol. The van der Waals surface area contributed by atoms with Crippen LogP contribution in [0.1, 0.15) is 0 Å². The zero-order valence-corrected chi connectivity index (χ0v) is 10.5. The Morgan fingerprint density at radius 2 is 2.05 bits per heavy atom. The van der Waals surface area contributed by atoms with Crippen molar-refractivity contribution in [3.05, 3.63) is 42.6 Å². The van der Waals surface area contributed by atoms with Gasteiger partial charge in [0, 0.05) is 12.6 Å². The first kappa shape index (κ1) is 11.0. The third-order valence-electron chi connectivity index (χ3n) is 3.22. The number of halogens is 1. The van der Waals surface area contributed by atoms with E-state index in [4.69, 9.17) is 0 Å². The molecular formula is C13H9FN6. The Hall–Kier alpha value is -2.83. The predicted octanol–water partition coefficient (Wildman–Crippen LogP) is 1.82. The highest BCUT2D eigenvalue weighted by molar-refractivity contribution is 5.89. The molecule has 4 rings (SSSR count). The fourth-order valence-electron chi connectivity index (χ4n) is 2.26. The first-order chi connectivity index (χ1) is 9.74. The molecule has 6 nitrogen and oxygen atoms in total. The minimum Gasteiger partial charge on any atom is -0.265 e. The van der Waals surface area contributed by atoms with Crippen molar-refractivity contribution < 1.29 is 4.39 Å². The molecule has 3 heterocycles. The van der Waals surface area contributed by atoms with Crippen molar-refractivity contribution >= 4 is 16.7 Å². The molecule has 0 amide bonds. The molecule has 0 fully saturated rings. The van der Waals surface area contributed by atoms with Crippen LogP contribution in [0.4, 0.5) is 4.39 Å². The van der Waals surface area contributed by atoms with Gasteiger partial charge in [-0.25, -0.2) is 9.37 Å². The fourth-order valence-corrected chi connectivity index (χ4v) is 2.26. The lowest BCUT2D eigenvalue weighted by Gasteiger charge is -2.00. The zero-order chi connectivity index (χ0) is 13.7. The number of fused-ring (bicyclic) bond motifs is 3. The second-order valence-corrected chi connectivity index (χ2v) is 4.48. The van der Waals surface area contributed by atoms with Crippen molar-refractivity contribution in [1.29, 1.82) is 0 Å². The Labute approximate surface area is 112 Å². The standard InChI is InChI=1S/C13H9FN6/c1-19-12-10(6-16-19)13-18-17-11(20(13)7-15-12)8-3-2-4-9(14)5-8/h2-7H,1H3. The minimum absolute atomic E-state index is 0.310. The summed E-state index contributed by atoms with van der Waals surface area (Å²) in [6.45, 7) is 0. The topological polar surface area (TPSA) is 60.9 Å². The van der Waals surface area contributed by atoms with E-state index < -0.39 is 0 Å². The summed E-state index contributed by atoms with van der Waals surface area (Å²) < 4.78 is 16.7. The molecule has 0 unspecified atom stereocenters. The quantitative estimate of drug-likeness (QED) is 0.528. The Kier molecular flexibility index (Phi) is 2.11. The van der Waals surface area contributed by atoms with Gasteiger partial charge < -0.3 is 0 Å². The van der Waals surface area contributed by atoms with Crippen LogP contribution in [-0.2, 0) is 7.05 Å². The van der Waals surface area contributed by atoms with Gasteiger partial charge in [0.15, 0.2) is 17.1 Å². The van der Waals surface area contributed by atoms with E-state index >= 15 is 0 Å². The first-order valence-corrected chi connectivity index (χ1v) is 6.01. The van der Waals surface area contributed by atoms with Gasteiger partial charge in [-0.15, -0.1) is 10.2 Å². The van der Waals surface area contributed by atoms with Crippen LogP contribution >= 0.6 is 0 Å². The van der Waals surface area contributed by atoms with E-state index in [9.17, 15) is 4.39 Å². The highest BCUT2D eigenvalue weighted by Gasteiger charge is 2.13. The van der Waals surface area contributed by atoms with Crippen LogP contribution in [0, 0.1) is 5.82 Å². The van der Waals surface area contributed by atoms with Crippen LogP contribution in [0.15, 0.2) is 36.8 Å². The lowest BCUT2D eigenvalue weighted by molar-refractivity contribution is 0.628. The molecule has 4 aromatic rings. The monoisotopic (exact) mass is 268 g/mol. The van der Waals surface area contributed by atoms with Crippen LogP contribution < -0.4 is 0 Å². The van der Waals surface area contributed by atoms with Crippen LogP contribution in [0.2, 0.25) is 0 Å². The van der Waals surface area contributed by atoms with E-state index in [1.54, 1.807) is 33.7 Å². The molecule has 0 N–H and O–H groups in total. The smallest absolute Gasteiger partial charge is 0.175 e. The Bertz CT molecular complexity index is 938. The molecule has 0 aliphatic heterocycles. The van der Waals surface area contributed by atoms with Crippen LogP contribution in [0.25, 0.3) is 28.1 Å². The van der Waals surface area contributed by atoms with E-state index in [-0.39, 0.29) is 5.82 Å². The molecule has 3 aromatic heterocycles. The molecule has 7 heteroatoms. The van der Waals surface area contributed by atoms with Crippen LogP contribution in [0.3, 0.4) is 0 Å². The lowest BCUT2D eigenvalue weighted by Crippen LogP contribution is -1.95. The number of hydrogen-bond acceptors (Lipinski definition) is 4. The van der Waals surface area contributed by atoms with E-state index in [1.165, 1.54) is 12.1 Å². The molecule has 1 aromatic carbocycles. The number of rotatable bonds is 1. The summed E-state index contributed by atoms with van der Waals surface area (Å²) in [6.07, 6.45) is 3.32. The largest absolute Gasteiger partial charge is 0.265 e. The number of hydrogen-bond donors (Lipinski definition) is 0. The third-order valence-corrected chi connectivity index (χ3v) is 3.22. The SMILES string of the molecule is Cn1ncc2c1ncn1c(-c3cccc(F)c3)nnc21. The van der Waals surface area contributed by atoms with Crippen LogP contribution in [0.5, 0.6) is 0 Å². The van der Waals surface area contributed by atoms with Crippen molar-refractivity contribution in [2.75, 3.05) is 0 Å². The van der Waals surface area contributed by atoms with Gasteiger partial charge in [0.1, 0.15) is 12.1 Å². The Morgan fingerprint density at radius 3 is 2.90 bits per heavy atom. The average molecular weight is 268 g/mol. The molecule has 0 saturated carbocycles. The number of aromatic nitrogens is 6. The summed E-state index contributed by atoms with van der Waals surface area (Å²) in [5.74, 6) is 0.243. The zero-order valence-electron chi connectivity index (χ0n) is 10.5. The van der Waals surface area contributed by atoms with Crippen molar-refractivity contribution in [1.82, 2.24) is 29.4 Å². The summed E-state index contributed by atoms with van der Waals surface area (Å²) in [5.41, 5.74) is 2.04. The van der Waals surface area contributed by atoms with Crippen molar-refractivity contribution in [2.24, 2.45) is 7.05 Å². The van der Waals surface area contributed by atoms with Gasteiger partial charge in [-0.2, -0.15) is 5.10 Å². The number of nitrogens with zero attached hydrogens (tertiary/aromatic N) is 6. The maximum atomic E-state index is 13.3. The lowest BCUT2D eigenvalue weighted by atomic mass is 10.2. The Balaban J connectivity index is 2.05. The van der Waals surface area contributed by atoms with Gasteiger partial charge in [0.05, 0.1) is 11.6 Å². The molecule has 20 heavy (non-hydrogen) atoms. The fraction of sp³-hybridized carbons (Fsp3) is 0.0769. The van der Waals surface area contributed by atoms with Crippen molar-refractivity contribution in [3.63, 3.8) is 0 Å². The summed E-state index contributed by atoms with van der Waals surface area (Å²) in [6, 6.07) is 6.24. The second kappa shape index (κ2) is 3.83. The molecule has 0 radical (unpaired) electrons. The van der Waals surface area contributed by atoms with Crippen molar-refractivity contribution in [2.45, 2.75) is 0 Å². The van der Waals surface area contributed by atoms with Gasteiger partial charge in [-0.3, -0.25) is 9.08 Å². The van der Waals surface area contributed by atoms with Gasteiger partial charge in [0.25, 0.3) is 0 Å². The number of benzene rings is 1. The summed E-state index contributed by atoms with van der Waals surface area (Å²) >= 11 is 0. The molecule has 0 atom stereocenters. The highest BCUT2D eigenvalue weighted by atomic mass is 19.1. The van der Waals surface area contributed by atoms with Gasteiger partial charge in [0.2, 0.25) is 0 Å². The Morgan fingerprint density at radius 1 is 1.15 bits per heavy atom. The van der Waals surface area contributed by atoms with Gasteiger partial charge >= 0.3 is 0 Å². The van der Waals surface area contributed by atoms with Crippen molar-refractivity contribution in [3.8, 4) is 11.4 Å². The third kappa shape index (κ3) is 1.43. The maximum Gasteiger partial charge on any atom is 0.175 e. The van der Waals surface area contributed by atoms with E-state index in [0.29, 0.717) is 17.0 Å². The van der Waals surface area contributed by atoms with Gasteiger partial charge in [-0.1, -0.05) is 12.1 Å². The summed E-state index contributed by atoms with van der Waals surface area (Å²) in [5, 5.41) is 13.3. The number of aryl methyl sites for hydroxylation is 1. The molecule has 0 aliphatic carbocycles. The van der Waals surface area contributed by atoms with E-state index in [2.05, 4.69) is 20.3 Å². The second-order valence-electron chi connectivity index (χ2n) is 4.48. The predicted molar refractivity (Wildman–Crippen MR) is 70.4 cm³/mol. The normalized spacial score (nSPS) is 11.5. The highest BCUT2D eigenvalue weighted by Crippen LogP contribution is 2.22. The molecule has 0 aliphatic rings. The first-order valence-electron chi connectivity index (χ1n) is 6.01. The molecule has 0 spiro atoms. The van der Waals surface area contributed by atoms with Gasteiger partial charge in [-0.05, 0) is 12.1 Å². The molecule has 0 bridgehead atoms. The van der Waals surface area contributed by atoms with E-state index in [1.807, 2.05) is 7.05 Å². The summed E-state index contributed by atoms with van der Waals surface area (Å²) in [4.78, 5) is 4.34. The minimum atomic E-state index is -0.310.